The minimum Gasteiger partial charge on any atom is -0.396 e. The van der Waals surface area contributed by atoms with Crippen molar-refractivity contribution in [3.63, 3.8) is 0 Å². The highest BCUT2D eigenvalue weighted by Gasteiger charge is 2.17. The van der Waals surface area contributed by atoms with Crippen molar-refractivity contribution in [2.24, 2.45) is 0 Å². The summed E-state index contributed by atoms with van der Waals surface area (Å²) in [7, 11) is -3.39. The van der Waals surface area contributed by atoms with Gasteiger partial charge < -0.3 is 5.73 Å². The van der Waals surface area contributed by atoms with Crippen molar-refractivity contribution < 1.29 is 8.42 Å². The highest BCUT2D eigenvalue weighted by molar-refractivity contribution is 7.91. The van der Waals surface area contributed by atoms with E-state index in [1.54, 1.807) is 23.1 Å². The van der Waals surface area contributed by atoms with E-state index in [4.69, 9.17) is 5.73 Å². The van der Waals surface area contributed by atoms with E-state index in [0.717, 1.165) is 0 Å². The third kappa shape index (κ3) is 2.62. The second kappa shape index (κ2) is 4.54. The fourth-order valence-corrected chi connectivity index (χ4v) is 2.76. The molecule has 0 aromatic carbocycles. The summed E-state index contributed by atoms with van der Waals surface area (Å²) in [5, 5.41) is 3.94. The minimum atomic E-state index is -3.39. The Labute approximate surface area is 99.0 Å². The van der Waals surface area contributed by atoms with Gasteiger partial charge >= 0.3 is 0 Å². The van der Waals surface area contributed by atoms with Crippen LogP contribution < -0.4 is 5.73 Å². The lowest BCUT2D eigenvalue weighted by molar-refractivity contribution is 0.581. The topological polar surface area (TPSA) is 90.9 Å². The lowest BCUT2D eigenvalue weighted by Gasteiger charge is -2.06. The van der Waals surface area contributed by atoms with Crippen molar-refractivity contribution in [2.45, 2.75) is 11.4 Å². The van der Waals surface area contributed by atoms with Gasteiger partial charge in [0, 0.05) is 18.6 Å². The van der Waals surface area contributed by atoms with E-state index in [0.29, 0.717) is 6.54 Å². The van der Waals surface area contributed by atoms with Crippen LogP contribution in [0.4, 0.5) is 5.69 Å². The third-order valence-electron chi connectivity index (χ3n) is 2.29. The summed E-state index contributed by atoms with van der Waals surface area (Å²) in [5.41, 5.74) is 5.77. The number of aromatic nitrogens is 3. The fourth-order valence-electron chi connectivity index (χ4n) is 1.43. The Kier molecular flexibility index (Phi) is 3.10. The molecule has 2 heterocycles. The van der Waals surface area contributed by atoms with E-state index in [9.17, 15) is 8.42 Å². The highest BCUT2D eigenvalue weighted by atomic mass is 32.2. The summed E-state index contributed by atoms with van der Waals surface area (Å²) < 4.78 is 25.6. The molecule has 0 atom stereocenters. The van der Waals surface area contributed by atoms with Gasteiger partial charge in [0.2, 0.25) is 0 Å². The number of pyridine rings is 1. The maximum Gasteiger partial charge on any atom is 0.182 e. The predicted octanol–water partition coefficient (Wildman–Crippen LogP) is 0.334. The maximum absolute atomic E-state index is 12.0. The van der Waals surface area contributed by atoms with Crippen molar-refractivity contribution in [1.29, 1.82) is 0 Å². The van der Waals surface area contributed by atoms with E-state index in [1.165, 1.54) is 18.5 Å². The van der Waals surface area contributed by atoms with Crippen LogP contribution in [0.15, 0.2) is 41.8 Å². The van der Waals surface area contributed by atoms with Crippen molar-refractivity contribution in [2.75, 3.05) is 11.5 Å². The highest BCUT2D eigenvalue weighted by Crippen LogP contribution is 2.17. The molecule has 2 rings (SSSR count). The van der Waals surface area contributed by atoms with Gasteiger partial charge in [-0.05, 0) is 12.1 Å². The Morgan fingerprint density at radius 3 is 2.82 bits per heavy atom. The van der Waals surface area contributed by atoms with E-state index < -0.39 is 9.84 Å². The quantitative estimate of drug-likeness (QED) is 0.847. The molecular formula is C10H12N4O2S. The van der Waals surface area contributed by atoms with Gasteiger partial charge in [0.25, 0.3) is 0 Å². The van der Waals surface area contributed by atoms with Gasteiger partial charge in [0.1, 0.15) is 0 Å². The number of hydrogen-bond donors (Lipinski definition) is 1. The van der Waals surface area contributed by atoms with Gasteiger partial charge in [-0.15, -0.1) is 0 Å². The molecule has 0 aliphatic rings. The van der Waals surface area contributed by atoms with E-state index in [-0.39, 0.29) is 16.3 Å². The average Bonchev–Trinajstić information content (AvgIpc) is 2.80. The van der Waals surface area contributed by atoms with Crippen LogP contribution in [0.1, 0.15) is 0 Å². The van der Waals surface area contributed by atoms with Gasteiger partial charge in [-0.1, -0.05) is 0 Å². The number of anilines is 1. The van der Waals surface area contributed by atoms with Crippen molar-refractivity contribution in [3.05, 3.63) is 36.9 Å². The monoisotopic (exact) mass is 252 g/mol. The first-order valence-electron chi connectivity index (χ1n) is 4.99. The second-order valence-corrected chi connectivity index (χ2v) is 5.58. The lowest BCUT2D eigenvalue weighted by Crippen LogP contribution is -2.15. The van der Waals surface area contributed by atoms with Crippen LogP contribution in [0.2, 0.25) is 0 Å². The Morgan fingerprint density at radius 2 is 2.18 bits per heavy atom. The largest absolute Gasteiger partial charge is 0.396 e. The molecule has 2 N–H and O–H groups in total. The summed E-state index contributed by atoms with van der Waals surface area (Å²) in [6.45, 7) is 0.303. The normalized spacial score (nSPS) is 11.5. The van der Waals surface area contributed by atoms with Crippen LogP contribution in [-0.4, -0.2) is 28.9 Å². The number of nitrogen functional groups attached to an aromatic ring is 1. The van der Waals surface area contributed by atoms with Crippen LogP contribution in [0.25, 0.3) is 0 Å². The molecule has 0 fully saturated rings. The molecule has 90 valence electrons. The molecule has 0 radical (unpaired) electrons. The van der Waals surface area contributed by atoms with Crippen molar-refractivity contribution >= 4 is 15.5 Å². The smallest absolute Gasteiger partial charge is 0.182 e. The number of hydrogen-bond acceptors (Lipinski definition) is 5. The minimum absolute atomic E-state index is 0.0388. The predicted molar refractivity (Wildman–Crippen MR) is 62.9 cm³/mol. The molecule has 0 aliphatic carbocycles. The standard InChI is InChI=1S/C10H12N4O2S/c11-9-8-12-4-2-10(9)17(15,16)7-6-14-5-1-3-13-14/h1-5,8H,6-7,11H2. The summed E-state index contributed by atoms with van der Waals surface area (Å²) in [6, 6.07) is 3.15. The Morgan fingerprint density at radius 1 is 1.35 bits per heavy atom. The Balaban J connectivity index is 2.17. The van der Waals surface area contributed by atoms with Gasteiger partial charge in [0.05, 0.1) is 29.1 Å². The molecule has 7 heteroatoms. The number of nitrogens with zero attached hydrogens (tertiary/aromatic N) is 3. The van der Waals surface area contributed by atoms with Gasteiger partial charge in [-0.3, -0.25) is 9.67 Å². The first-order chi connectivity index (χ1) is 8.09. The molecule has 0 spiro atoms. The van der Waals surface area contributed by atoms with Crippen molar-refractivity contribution in [1.82, 2.24) is 14.8 Å². The Hall–Kier alpha value is -1.89. The molecule has 6 nitrogen and oxygen atoms in total. The van der Waals surface area contributed by atoms with Gasteiger partial charge in [-0.2, -0.15) is 5.10 Å². The lowest BCUT2D eigenvalue weighted by atomic mass is 10.4. The molecule has 0 saturated heterocycles. The average molecular weight is 252 g/mol. The van der Waals surface area contributed by atoms with Gasteiger partial charge in [-0.25, -0.2) is 8.42 Å². The Bertz CT molecular complexity index is 593. The number of rotatable bonds is 4. The summed E-state index contributed by atoms with van der Waals surface area (Å²) in [5.74, 6) is -0.0388. The van der Waals surface area contributed by atoms with Crippen LogP contribution in [0.5, 0.6) is 0 Å². The zero-order valence-corrected chi connectivity index (χ0v) is 9.84. The van der Waals surface area contributed by atoms with Crippen LogP contribution in [-0.2, 0) is 16.4 Å². The molecule has 17 heavy (non-hydrogen) atoms. The zero-order valence-electron chi connectivity index (χ0n) is 9.02. The van der Waals surface area contributed by atoms with E-state index in [2.05, 4.69) is 10.1 Å². The maximum atomic E-state index is 12.0. The molecule has 0 bridgehead atoms. The van der Waals surface area contributed by atoms with Crippen molar-refractivity contribution in [3.8, 4) is 0 Å². The SMILES string of the molecule is Nc1cnccc1S(=O)(=O)CCn1cccn1. The second-order valence-electron chi connectivity index (χ2n) is 3.50. The van der Waals surface area contributed by atoms with Crippen LogP contribution in [0, 0.1) is 0 Å². The van der Waals surface area contributed by atoms with Gasteiger partial charge in [0.15, 0.2) is 9.84 Å². The molecule has 0 amide bonds. The molecule has 0 unspecified atom stereocenters. The molecule has 2 aromatic heterocycles. The molecular weight excluding hydrogens is 240 g/mol. The van der Waals surface area contributed by atoms with E-state index >= 15 is 0 Å². The number of nitrogens with two attached hydrogens (primary N) is 1. The zero-order chi connectivity index (χ0) is 12.3. The summed E-state index contributed by atoms with van der Waals surface area (Å²) in [4.78, 5) is 3.89. The number of sulfone groups is 1. The van der Waals surface area contributed by atoms with Crippen LogP contribution >= 0.6 is 0 Å². The molecule has 2 aromatic rings. The third-order valence-corrected chi connectivity index (χ3v) is 4.06. The first-order valence-corrected chi connectivity index (χ1v) is 6.64. The number of aryl methyl sites for hydroxylation is 1. The molecule has 0 aliphatic heterocycles. The summed E-state index contributed by atoms with van der Waals surface area (Å²) in [6.07, 6.45) is 6.07. The van der Waals surface area contributed by atoms with Crippen LogP contribution in [0.3, 0.4) is 0 Å². The first kappa shape index (κ1) is 11.6. The fraction of sp³-hybridized carbons (Fsp3) is 0.200. The molecule has 0 saturated carbocycles. The van der Waals surface area contributed by atoms with E-state index in [1.807, 2.05) is 0 Å². The summed E-state index contributed by atoms with van der Waals surface area (Å²) >= 11 is 0.